The number of halogens is 1. The van der Waals surface area contributed by atoms with Gasteiger partial charge in [-0.05, 0) is 12.8 Å². The van der Waals surface area contributed by atoms with E-state index in [0.717, 1.165) is 0 Å². The summed E-state index contributed by atoms with van der Waals surface area (Å²) in [6, 6.07) is 0. The van der Waals surface area contributed by atoms with Gasteiger partial charge in [0.1, 0.15) is 8.07 Å². The van der Waals surface area contributed by atoms with Crippen LogP contribution in [0.5, 0.6) is 0 Å². The largest absolute Gasteiger partial charge is 0.468 e. The Morgan fingerprint density at radius 1 is 1.16 bits per heavy atom. The van der Waals surface area contributed by atoms with Crippen molar-refractivity contribution < 1.29 is 19.1 Å². The van der Waals surface area contributed by atoms with Gasteiger partial charge in [0.05, 0.1) is 14.2 Å². The normalized spacial score (nSPS) is 11.3. The Balaban J connectivity index is 4.57. The fourth-order valence-electron chi connectivity index (χ4n) is 1.36. The van der Waals surface area contributed by atoms with E-state index in [1.165, 1.54) is 14.2 Å². The minimum absolute atomic E-state index is 0.298. The number of rotatable bonds is 5. The molecule has 0 amide bonds. The average Bonchev–Trinajstić information content (AvgIpc) is 2.34. The van der Waals surface area contributed by atoms with Crippen LogP contribution in [0.1, 0.15) is 19.3 Å². The zero-order chi connectivity index (χ0) is 15.1. The number of hydrogen-bond donors (Lipinski definition) is 0. The molecule has 0 radical (unpaired) electrons. The Hall–Kier alpha value is -0.803. The molecule has 0 bridgehead atoms. The van der Waals surface area contributed by atoms with Gasteiger partial charge in [-0.15, -0.1) is 11.5 Å². The quantitative estimate of drug-likeness (QED) is 0.191. The maximum Gasteiger partial charge on any atom is 0.334 e. The van der Waals surface area contributed by atoms with Crippen LogP contribution in [0, 0.1) is 11.5 Å². The molecule has 0 aromatic rings. The van der Waals surface area contributed by atoms with E-state index in [0.29, 0.717) is 19.3 Å². The Morgan fingerprint density at radius 3 is 2.00 bits per heavy atom. The van der Waals surface area contributed by atoms with Gasteiger partial charge in [0.15, 0.2) is 0 Å². The number of alkyl halides is 1. The highest BCUT2D eigenvalue weighted by molar-refractivity contribution is 9.10. The van der Waals surface area contributed by atoms with Crippen LogP contribution in [-0.2, 0) is 19.1 Å². The van der Waals surface area contributed by atoms with Gasteiger partial charge in [-0.25, -0.2) is 9.59 Å². The fourth-order valence-corrected chi connectivity index (χ4v) is 2.62. The van der Waals surface area contributed by atoms with Crippen LogP contribution in [-0.4, -0.2) is 38.6 Å². The Kier molecular flexibility index (Phi) is 7.38. The predicted octanol–water partition coefficient (Wildman–Crippen LogP) is 2.52. The molecule has 0 unspecified atom stereocenters. The molecule has 0 spiro atoms. The number of carbonyl (C=O) groups is 2. The van der Waals surface area contributed by atoms with E-state index < -0.39 is 24.3 Å². The van der Waals surface area contributed by atoms with Crippen LogP contribution < -0.4 is 0 Å². The molecular formula is C13H21BrO4Si. The van der Waals surface area contributed by atoms with Gasteiger partial charge in [-0.2, -0.15) is 0 Å². The van der Waals surface area contributed by atoms with Crippen molar-refractivity contribution in [1.82, 2.24) is 0 Å². The van der Waals surface area contributed by atoms with Crippen LogP contribution in [0.2, 0.25) is 19.6 Å². The minimum atomic E-state index is -1.42. The van der Waals surface area contributed by atoms with Gasteiger partial charge in [-0.3, -0.25) is 0 Å². The molecule has 0 N–H and O–H groups in total. The summed E-state index contributed by atoms with van der Waals surface area (Å²) in [6.45, 7) is 6.49. The van der Waals surface area contributed by atoms with E-state index in [1.807, 2.05) is 0 Å². The highest BCUT2D eigenvalue weighted by Crippen LogP contribution is 2.28. The molecule has 0 fully saturated rings. The lowest BCUT2D eigenvalue weighted by atomic mass is 10.0. The Labute approximate surface area is 124 Å². The third kappa shape index (κ3) is 6.26. The van der Waals surface area contributed by atoms with Gasteiger partial charge in [0, 0.05) is 6.42 Å². The molecule has 0 aliphatic heterocycles. The van der Waals surface area contributed by atoms with Crippen LogP contribution in [0.4, 0.5) is 0 Å². The summed E-state index contributed by atoms with van der Waals surface area (Å²) in [4.78, 5) is 23.3. The maximum absolute atomic E-state index is 11.7. The van der Waals surface area contributed by atoms with Gasteiger partial charge in [-0.1, -0.05) is 35.6 Å². The first kappa shape index (κ1) is 18.2. The van der Waals surface area contributed by atoms with Gasteiger partial charge < -0.3 is 9.47 Å². The smallest absolute Gasteiger partial charge is 0.334 e. The number of methoxy groups -OCH3 is 2. The number of carbonyl (C=O) groups excluding carboxylic acids is 2. The van der Waals surface area contributed by atoms with E-state index in [-0.39, 0.29) is 0 Å². The number of ether oxygens (including phenoxy) is 2. The van der Waals surface area contributed by atoms with E-state index in [1.54, 1.807) is 0 Å². The van der Waals surface area contributed by atoms with Crippen molar-refractivity contribution in [2.75, 3.05) is 14.2 Å². The lowest BCUT2D eigenvalue weighted by Crippen LogP contribution is -2.42. The molecule has 0 rings (SSSR count). The molecule has 0 aliphatic rings. The first-order chi connectivity index (χ1) is 8.67. The molecule has 0 aromatic heterocycles. The van der Waals surface area contributed by atoms with E-state index in [2.05, 4.69) is 56.5 Å². The summed E-state index contributed by atoms with van der Waals surface area (Å²) in [7, 11) is 1.12. The lowest BCUT2D eigenvalue weighted by molar-refractivity contribution is -0.155. The van der Waals surface area contributed by atoms with Crippen LogP contribution in [0.3, 0.4) is 0 Å². The summed E-state index contributed by atoms with van der Waals surface area (Å²) >= 11 is 3.14. The van der Waals surface area contributed by atoms with Gasteiger partial charge in [0.2, 0.25) is 4.32 Å². The molecule has 0 aliphatic carbocycles. The van der Waals surface area contributed by atoms with Crippen molar-refractivity contribution in [2.45, 2.75) is 43.2 Å². The van der Waals surface area contributed by atoms with Crippen molar-refractivity contribution in [3.05, 3.63) is 0 Å². The zero-order valence-electron chi connectivity index (χ0n) is 12.1. The number of hydrogen-bond acceptors (Lipinski definition) is 4. The standard InChI is InChI=1S/C13H21BrO4Si/c1-17-11(15)13(14,12(16)18-2)9-7-6-8-10-19(3,4)5/h6-7,9H2,1-5H3. The van der Waals surface area contributed by atoms with Crippen molar-refractivity contribution in [3.63, 3.8) is 0 Å². The second-order valence-corrected chi connectivity index (χ2v) is 11.3. The molecule has 0 heterocycles. The minimum Gasteiger partial charge on any atom is -0.468 e. The first-order valence-corrected chi connectivity index (χ1v) is 10.3. The summed E-state index contributed by atoms with van der Waals surface area (Å²) in [5.74, 6) is 1.82. The topological polar surface area (TPSA) is 52.6 Å². The summed E-state index contributed by atoms with van der Waals surface area (Å²) in [6.07, 6.45) is 1.56. The number of unbranched alkanes of at least 4 members (excludes halogenated alkanes) is 1. The van der Waals surface area contributed by atoms with Gasteiger partial charge >= 0.3 is 11.9 Å². The molecule has 0 atom stereocenters. The monoisotopic (exact) mass is 348 g/mol. The Morgan fingerprint density at radius 2 is 1.63 bits per heavy atom. The summed E-state index contributed by atoms with van der Waals surface area (Å²) < 4.78 is 7.85. The van der Waals surface area contributed by atoms with Crippen LogP contribution in [0.15, 0.2) is 0 Å². The molecule has 19 heavy (non-hydrogen) atoms. The molecule has 6 heteroatoms. The zero-order valence-corrected chi connectivity index (χ0v) is 14.7. The van der Waals surface area contributed by atoms with Crippen molar-refractivity contribution in [3.8, 4) is 11.5 Å². The third-order valence-corrected chi connectivity index (χ3v) is 4.28. The molecular weight excluding hydrogens is 328 g/mol. The Bertz CT molecular complexity index is 374. The fraction of sp³-hybridized carbons (Fsp3) is 0.692. The highest BCUT2D eigenvalue weighted by atomic mass is 79.9. The van der Waals surface area contributed by atoms with Crippen LogP contribution in [0.25, 0.3) is 0 Å². The van der Waals surface area contributed by atoms with Crippen LogP contribution >= 0.6 is 15.9 Å². The average molecular weight is 349 g/mol. The maximum atomic E-state index is 11.7. The van der Waals surface area contributed by atoms with E-state index >= 15 is 0 Å². The summed E-state index contributed by atoms with van der Waals surface area (Å²) in [5.41, 5.74) is 3.24. The lowest BCUT2D eigenvalue weighted by Gasteiger charge is -2.21. The number of esters is 2. The second kappa shape index (κ2) is 7.71. The van der Waals surface area contributed by atoms with Gasteiger partial charge in [0.25, 0.3) is 0 Å². The molecule has 0 aromatic carbocycles. The van der Waals surface area contributed by atoms with Crippen molar-refractivity contribution in [2.24, 2.45) is 0 Å². The summed E-state index contributed by atoms with van der Waals surface area (Å²) in [5, 5.41) is 0. The molecule has 0 saturated heterocycles. The molecule has 108 valence electrons. The SMILES string of the molecule is COC(=O)C(Br)(CCCC#C[Si](C)(C)C)C(=O)OC. The second-order valence-electron chi connectivity index (χ2n) is 5.19. The highest BCUT2D eigenvalue weighted by Gasteiger charge is 2.45. The molecule has 0 saturated carbocycles. The van der Waals surface area contributed by atoms with E-state index in [9.17, 15) is 9.59 Å². The van der Waals surface area contributed by atoms with Crippen molar-refractivity contribution >= 4 is 35.9 Å². The molecule has 4 nitrogen and oxygen atoms in total. The van der Waals surface area contributed by atoms with Crippen molar-refractivity contribution in [1.29, 1.82) is 0 Å². The van der Waals surface area contributed by atoms with E-state index in [4.69, 9.17) is 0 Å². The predicted molar refractivity (Wildman–Crippen MR) is 80.7 cm³/mol. The third-order valence-electron chi connectivity index (χ3n) is 2.30. The first-order valence-electron chi connectivity index (χ1n) is 6.03.